The van der Waals surface area contributed by atoms with Crippen LogP contribution < -0.4 is 16.0 Å². The van der Waals surface area contributed by atoms with E-state index in [1.807, 2.05) is 6.08 Å². The van der Waals surface area contributed by atoms with Gasteiger partial charge in [-0.15, -0.1) is 0 Å². The van der Waals surface area contributed by atoms with Crippen LogP contribution in [0.2, 0.25) is 0 Å². The van der Waals surface area contributed by atoms with Gasteiger partial charge in [0.15, 0.2) is 0 Å². The largest absolute Gasteiger partial charge is 0.378 e. The van der Waals surface area contributed by atoms with Crippen LogP contribution in [0.3, 0.4) is 0 Å². The van der Waals surface area contributed by atoms with Gasteiger partial charge in [0.1, 0.15) is 5.82 Å². The molecule has 0 fully saturated rings. The van der Waals surface area contributed by atoms with Crippen LogP contribution >= 0.6 is 0 Å². The normalized spacial score (nSPS) is 13.5. The van der Waals surface area contributed by atoms with Crippen molar-refractivity contribution in [3.63, 3.8) is 0 Å². The fourth-order valence-electron chi connectivity index (χ4n) is 3.64. The van der Waals surface area contributed by atoms with E-state index in [1.165, 1.54) is 27.8 Å². The minimum atomic E-state index is 0.0978. The van der Waals surface area contributed by atoms with Crippen LogP contribution in [0.25, 0.3) is 11.6 Å². The average molecular weight is 412 g/mol. The first-order valence-electron chi connectivity index (χ1n) is 10.8. The molecule has 0 aliphatic carbocycles. The fraction of sp³-hybridized carbons (Fsp3) is 0.250. The average Bonchev–Trinajstić information content (AvgIpc) is 3.11. The zero-order chi connectivity index (χ0) is 22.4. The molecule has 1 heterocycles. The minimum absolute atomic E-state index is 0.0978. The van der Waals surface area contributed by atoms with E-state index < -0.39 is 0 Å². The molecule has 3 rings (SSSR count). The van der Waals surface area contributed by atoms with Gasteiger partial charge in [-0.3, -0.25) is 0 Å². The molecule has 3 aromatic rings. The van der Waals surface area contributed by atoms with Crippen LogP contribution in [0.4, 0.5) is 5.69 Å². The molecule has 0 amide bonds. The highest BCUT2D eigenvalue weighted by Crippen LogP contribution is 2.18. The van der Waals surface area contributed by atoms with E-state index in [2.05, 4.69) is 106 Å². The number of anilines is 1. The molecular formula is C28H33N3. The summed E-state index contributed by atoms with van der Waals surface area (Å²) in [5.74, 6) is 0.953. The monoisotopic (exact) mass is 411 g/mol. The Bertz CT molecular complexity index is 1190. The van der Waals surface area contributed by atoms with E-state index in [-0.39, 0.29) is 6.04 Å². The number of nitrogens with one attached hydrogen (secondary N) is 2. The Labute approximate surface area is 186 Å². The van der Waals surface area contributed by atoms with E-state index in [0.717, 1.165) is 28.6 Å². The summed E-state index contributed by atoms with van der Waals surface area (Å²) < 4.78 is 0. The minimum Gasteiger partial charge on any atom is -0.378 e. The molecule has 0 saturated carbocycles. The molecule has 0 aliphatic heterocycles. The summed E-state index contributed by atoms with van der Waals surface area (Å²) in [6, 6.07) is 17.1. The maximum absolute atomic E-state index is 4.89. The lowest BCUT2D eigenvalue weighted by molar-refractivity contribution is 0.988. The molecule has 3 nitrogen and oxygen atoms in total. The van der Waals surface area contributed by atoms with Crippen molar-refractivity contribution in [2.24, 2.45) is 0 Å². The number of benzene rings is 2. The number of H-pyrrole nitrogens is 1. The third kappa shape index (κ3) is 5.85. The van der Waals surface area contributed by atoms with Crippen molar-refractivity contribution in [1.29, 1.82) is 0 Å². The molecular weight excluding hydrogens is 378 g/mol. The van der Waals surface area contributed by atoms with Crippen molar-refractivity contribution in [2.45, 2.75) is 47.1 Å². The number of aromatic nitrogens is 2. The predicted molar refractivity (Wildman–Crippen MR) is 134 cm³/mol. The zero-order valence-electron chi connectivity index (χ0n) is 19.3. The highest BCUT2D eigenvalue weighted by Gasteiger charge is 2.12. The van der Waals surface area contributed by atoms with Gasteiger partial charge in [-0.25, -0.2) is 4.98 Å². The fourth-order valence-corrected chi connectivity index (χ4v) is 3.64. The molecule has 160 valence electrons. The van der Waals surface area contributed by atoms with Crippen LogP contribution in [-0.4, -0.2) is 16.0 Å². The van der Waals surface area contributed by atoms with Gasteiger partial charge in [0, 0.05) is 12.1 Å². The molecule has 1 unspecified atom stereocenters. The molecule has 0 aliphatic rings. The first-order valence-corrected chi connectivity index (χ1v) is 10.8. The van der Waals surface area contributed by atoms with Gasteiger partial charge >= 0.3 is 0 Å². The Kier molecular flexibility index (Phi) is 7.30. The van der Waals surface area contributed by atoms with E-state index in [0.29, 0.717) is 0 Å². The van der Waals surface area contributed by atoms with Gasteiger partial charge in [-0.05, 0) is 63.5 Å². The van der Waals surface area contributed by atoms with Crippen LogP contribution in [0.5, 0.6) is 0 Å². The number of aryl methyl sites for hydroxylation is 2. The van der Waals surface area contributed by atoms with Gasteiger partial charge in [0.05, 0.1) is 16.7 Å². The van der Waals surface area contributed by atoms with Gasteiger partial charge in [-0.2, -0.15) is 0 Å². The maximum Gasteiger partial charge on any atom is 0.111 e. The Morgan fingerprint density at radius 3 is 2.45 bits per heavy atom. The van der Waals surface area contributed by atoms with Crippen molar-refractivity contribution < 1.29 is 0 Å². The van der Waals surface area contributed by atoms with Crippen molar-refractivity contribution in [3.8, 4) is 0 Å². The van der Waals surface area contributed by atoms with E-state index >= 15 is 0 Å². The molecule has 31 heavy (non-hydrogen) atoms. The summed E-state index contributed by atoms with van der Waals surface area (Å²) in [5, 5.41) is 5.64. The molecule has 0 saturated heterocycles. The van der Waals surface area contributed by atoms with E-state index in [1.54, 1.807) is 6.08 Å². The second-order valence-corrected chi connectivity index (χ2v) is 8.37. The Hall–Kier alpha value is -3.33. The van der Waals surface area contributed by atoms with Crippen molar-refractivity contribution in [2.75, 3.05) is 5.32 Å². The lowest BCUT2D eigenvalue weighted by Gasteiger charge is -2.18. The van der Waals surface area contributed by atoms with Gasteiger partial charge in [0.25, 0.3) is 0 Å². The van der Waals surface area contributed by atoms with Gasteiger partial charge < -0.3 is 10.3 Å². The number of nitrogens with zero attached hydrogens (tertiary/aromatic N) is 1. The molecule has 2 N–H and O–H groups in total. The summed E-state index contributed by atoms with van der Waals surface area (Å²) in [6.07, 6.45) is 6.78. The number of imidazole rings is 1. The third-order valence-corrected chi connectivity index (χ3v) is 5.27. The molecule has 2 aromatic carbocycles. The van der Waals surface area contributed by atoms with Crippen LogP contribution in [0.15, 0.2) is 72.8 Å². The first-order chi connectivity index (χ1) is 14.9. The molecule has 0 spiro atoms. The SMILES string of the molecule is C=C/C=c1/nc(Cc2ccc(C)cc2)[nH]/c1=C(/C=C(C)C)C(C)Nc1ccccc1C. The third-order valence-electron chi connectivity index (χ3n) is 5.27. The van der Waals surface area contributed by atoms with E-state index in [9.17, 15) is 0 Å². The van der Waals surface area contributed by atoms with Crippen LogP contribution in [0.1, 0.15) is 43.3 Å². The molecule has 3 heteroatoms. The van der Waals surface area contributed by atoms with Crippen molar-refractivity contribution in [3.05, 3.63) is 106 Å². The topological polar surface area (TPSA) is 40.7 Å². The number of rotatable bonds is 7. The lowest BCUT2D eigenvalue weighted by Crippen LogP contribution is -2.32. The molecule has 1 atom stereocenters. The number of hydrogen-bond acceptors (Lipinski definition) is 2. The standard InChI is InChI=1S/C28H33N3/c1-7-10-26-28(31-27(30-26)18-23-15-13-20(4)14-16-23)24(17-19(2)3)22(6)29-25-12-9-8-11-21(25)5/h7-17,22,29H,1,18H2,2-6H3,(H,30,31)/b26-10+,28-24-. The smallest absolute Gasteiger partial charge is 0.111 e. The Balaban J connectivity index is 2.10. The summed E-state index contributed by atoms with van der Waals surface area (Å²) in [7, 11) is 0. The summed E-state index contributed by atoms with van der Waals surface area (Å²) in [4.78, 5) is 8.50. The lowest BCUT2D eigenvalue weighted by atomic mass is 10.0. The van der Waals surface area contributed by atoms with Crippen molar-refractivity contribution >= 4 is 17.3 Å². The number of para-hydroxylation sites is 1. The van der Waals surface area contributed by atoms with Gasteiger partial charge in [0.2, 0.25) is 0 Å². The summed E-state index contributed by atoms with van der Waals surface area (Å²) in [5.41, 5.74) is 7.30. The summed E-state index contributed by atoms with van der Waals surface area (Å²) in [6.45, 7) is 14.6. The number of hydrogen-bond donors (Lipinski definition) is 2. The highest BCUT2D eigenvalue weighted by atomic mass is 14.9. The van der Waals surface area contributed by atoms with Gasteiger partial charge in [-0.1, -0.05) is 72.3 Å². The first kappa shape index (κ1) is 22.4. The highest BCUT2D eigenvalue weighted by molar-refractivity contribution is 5.67. The van der Waals surface area contributed by atoms with E-state index in [4.69, 9.17) is 4.98 Å². The molecule has 0 radical (unpaired) electrons. The predicted octanol–water partition coefficient (Wildman–Crippen LogP) is 5.20. The van der Waals surface area contributed by atoms with Crippen LogP contribution in [-0.2, 0) is 6.42 Å². The van der Waals surface area contributed by atoms with Crippen LogP contribution in [0, 0.1) is 13.8 Å². The number of aromatic amines is 1. The molecule has 0 bridgehead atoms. The second-order valence-electron chi connectivity index (χ2n) is 8.37. The second kappa shape index (κ2) is 10.1. The Morgan fingerprint density at radius 1 is 1.10 bits per heavy atom. The Morgan fingerprint density at radius 2 is 1.81 bits per heavy atom. The quantitative estimate of drug-likeness (QED) is 0.561. The molecule has 1 aromatic heterocycles. The summed E-state index contributed by atoms with van der Waals surface area (Å²) >= 11 is 0. The number of allylic oxidation sites excluding steroid dienone is 2. The van der Waals surface area contributed by atoms with Crippen molar-refractivity contribution in [1.82, 2.24) is 9.97 Å². The zero-order valence-corrected chi connectivity index (χ0v) is 19.3. The maximum atomic E-state index is 4.89.